The van der Waals surface area contributed by atoms with E-state index >= 15 is 0 Å². The monoisotopic (exact) mass is 252 g/mol. The van der Waals surface area contributed by atoms with E-state index in [1.165, 1.54) is 0 Å². The second-order valence-electron chi connectivity index (χ2n) is 2.80. The predicted octanol–water partition coefficient (Wildman–Crippen LogP) is 1.49. The summed E-state index contributed by atoms with van der Waals surface area (Å²) in [5, 5.41) is 7.72. The van der Waals surface area contributed by atoms with Crippen molar-refractivity contribution < 1.29 is 0 Å². The molecule has 0 unspecified atom stereocenters. The number of nitrogens with two attached hydrogens (primary N) is 1. The summed E-state index contributed by atoms with van der Waals surface area (Å²) < 4.78 is 2.91. The van der Waals surface area contributed by atoms with E-state index in [0.29, 0.717) is 6.54 Å². The molecule has 72 valence electrons. The van der Waals surface area contributed by atoms with Gasteiger partial charge in [-0.15, -0.1) is 10.2 Å². The third-order valence-corrected chi connectivity index (χ3v) is 2.43. The molecule has 0 saturated carbocycles. The molecule has 2 rings (SSSR count). The molecule has 0 radical (unpaired) electrons. The van der Waals surface area contributed by atoms with Crippen LogP contribution in [0.1, 0.15) is 5.82 Å². The zero-order chi connectivity index (χ0) is 9.97. The van der Waals surface area contributed by atoms with Crippen molar-refractivity contribution >= 4 is 15.9 Å². The summed E-state index contributed by atoms with van der Waals surface area (Å²) in [4.78, 5) is 0. The van der Waals surface area contributed by atoms with Crippen LogP contribution in [0.25, 0.3) is 5.69 Å². The third-order valence-electron chi connectivity index (χ3n) is 1.91. The minimum absolute atomic E-state index is 0.385. The molecule has 0 atom stereocenters. The Kier molecular flexibility index (Phi) is 2.60. The quantitative estimate of drug-likeness (QED) is 0.882. The van der Waals surface area contributed by atoms with Crippen molar-refractivity contribution in [1.82, 2.24) is 14.8 Å². The Labute approximate surface area is 89.9 Å². The SMILES string of the molecule is NCc1nncn1-c1ccc(Br)cc1. The lowest BCUT2D eigenvalue weighted by molar-refractivity contribution is 0.859. The second-order valence-corrected chi connectivity index (χ2v) is 3.71. The molecule has 2 aromatic rings. The minimum Gasteiger partial charge on any atom is -0.324 e. The van der Waals surface area contributed by atoms with E-state index in [4.69, 9.17) is 5.73 Å². The molecule has 1 heterocycles. The highest BCUT2D eigenvalue weighted by Gasteiger charge is 2.03. The van der Waals surface area contributed by atoms with Gasteiger partial charge in [0.25, 0.3) is 0 Å². The second kappa shape index (κ2) is 3.89. The molecule has 0 aliphatic carbocycles. The van der Waals surface area contributed by atoms with Gasteiger partial charge in [0, 0.05) is 10.2 Å². The van der Waals surface area contributed by atoms with Crippen molar-refractivity contribution in [3.63, 3.8) is 0 Å². The topological polar surface area (TPSA) is 56.7 Å². The van der Waals surface area contributed by atoms with Gasteiger partial charge in [-0.25, -0.2) is 0 Å². The maximum Gasteiger partial charge on any atom is 0.151 e. The molecular formula is C9H9BrN4. The molecule has 0 spiro atoms. The van der Waals surface area contributed by atoms with E-state index in [2.05, 4.69) is 26.1 Å². The average molecular weight is 253 g/mol. The van der Waals surface area contributed by atoms with Crippen LogP contribution in [-0.4, -0.2) is 14.8 Å². The van der Waals surface area contributed by atoms with Gasteiger partial charge in [0.15, 0.2) is 5.82 Å². The fraction of sp³-hybridized carbons (Fsp3) is 0.111. The van der Waals surface area contributed by atoms with Gasteiger partial charge in [0.05, 0.1) is 6.54 Å². The summed E-state index contributed by atoms with van der Waals surface area (Å²) in [6.07, 6.45) is 1.66. The smallest absolute Gasteiger partial charge is 0.151 e. The van der Waals surface area contributed by atoms with Crippen molar-refractivity contribution in [1.29, 1.82) is 0 Å². The standard InChI is InChI=1S/C9H9BrN4/c10-7-1-3-8(4-2-7)14-6-12-13-9(14)5-11/h1-4,6H,5,11H2. The summed E-state index contributed by atoms with van der Waals surface area (Å²) in [7, 11) is 0. The zero-order valence-electron chi connectivity index (χ0n) is 7.39. The van der Waals surface area contributed by atoms with Crippen molar-refractivity contribution in [2.24, 2.45) is 5.73 Å². The van der Waals surface area contributed by atoms with Gasteiger partial charge in [-0.3, -0.25) is 4.57 Å². The van der Waals surface area contributed by atoms with E-state index in [0.717, 1.165) is 16.0 Å². The molecular weight excluding hydrogens is 244 g/mol. The lowest BCUT2D eigenvalue weighted by Gasteiger charge is -2.04. The zero-order valence-corrected chi connectivity index (χ0v) is 8.98. The van der Waals surface area contributed by atoms with Crippen molar-refractivity contribution in [2.75, 3.05) is 0 Å². The summed E-state index contributed by atoms with van der Waals surface area (Å²) in [5.74, 6) is 0.757. The Morgan fingerprint density at radius 1 is 1.29 bits per heavy atom. The van der Waals surface area contributed by atoms with Crippen LogP contribution >= 0.6 is 15.9 Å². The van der Waals surface area contributed by atoms with Crippen LogP contribution in [-0.2, 0) is 6.54 Å². The molecule has 1 aromatic carbocycles. The van der Waals surface area contributed by atoms with Crippen LogP contribution in [0.2, 0.25) is 0 Å². The largest absolute Gasteiger partial charge is 0.324 e. The normalized spacial score (nSPS) is 10.4. The van der Waals surface area contributed by atoms with Crippen LogP contribution in [0, 0.1) is 0 Å². The Bertz CT molecular complexity index is 421. The Balaban J connectivity index is 2.44. The molecule has 0 fully saturated rings. The molecule has 2 N–H and O–H groups in total. The third kappa shape index (κ3) is 1.69. The van der Waals surface area contributed by atoms with Gasteiger partial charge in [-0.2, -0.15) is 0 Å². The van der Waals surface area contributed by atoms with Gasteiger partial charge in [-0.05, 0) is 24.3 Å². The number of hydrogen-bond acceptors (Lipinski definition) is 3. The van der Waals surface area contributed by atoms with E-state index in [1.807, 2.05) is 28.8 Å². The first-order valence-electron chi connectivity index (χ1n) is 4.16. The van der Waals surface area contributed by atoms with E-state index in [-0.39, 0.29) is 0 Å². The summed E-state index contributed by atoms with van der Waals surface area (Å²) in [6, 6.07) is 7.89. The average Bonchev–Trinajstić information content (AvgIpc) is 2.67. The summed E-state index contributed by atoms with van der Waals surface area (Å²) in [5.41, 5.74) is 6.54. The molecule has 0 amide bonds. The predicted molar refractivity (Wildman–Crippen MR) is 57.0 cm³/mol. The van der Waals surface area contributed by atoms with Crippen molar-refractivity contribution in [3.8, 4) is 5.69 Å². The Morgan fingerprint density at radius 3 is 2.64 bits per heavy atom. The first kappa shape index (κ1) is 9.36. The fourth-order valence-electron chi connectivity index (χ4n) is 1.22. The summed E-state index contributed by atoms with van der Waals surface area (Å²) in [6.45, 7) is 0.385. The molecule has 14 heavy (non-hydrogen) atoms. The number of nitrogens with zero attached hydrogens (tertiary/aromatic N) is 3. The molecule has 0 aliphatic heterocycles. The van der Waals surface area contributed by atoms with Crippen LogP contribution in [0.3, 0.4) is 0 Å². The van der Waals surface area contributed by atoms with E-state index < -0.39 is 0 Å². The lowest BCUT2D eigenvalue weighted by atomic mass is 10.3. The van der Waals surface area contributed by atoms with Crippen LogP contribution in [0.15, 0.2) is 35.1 Å². The van der Waals surface area contributed by atoms with E-state index in [9.17, 15) is 0 Å². The highest BCUT2D eigenvalue weighted by molar-refractivity contribution is 9.10. The maximum atomic E-state index is 5.53. The highest BCUT2D eigenvalue weighted by Crippen LogP contribution is 2.14. The number of hydrogen-bond donors (Lipinski definition) is 1. The Hall–Kier alpha value is -1.20. The molecule has 0 aliphatic rings. The van der Waals surface area contributed by atoms with Crippen molar-refractivity contribution in [3.05, 3.63) is 40.9 Å². The van der Waals surface area contributed by atoms with Gasteiger partial charge in [-0.1, -0.05) is 15.9 Å². The first-order valence-corrected chi connectivity index (χ1v) is 4.95. The van der Waals surface area contributed by atoms with Gasteiger partial charge in [0.1, 0.15) is 6.33 Å². The van der Waals surface area contributed by atoms with E-state index in [1.54, 1.807) is 6.33 Å². The number of benzene rings is 1. The molecule has 4 nitrogen and oxygen atoms in total. The van der Waals surface area contributed by atoms with Crippen molar-refractivity contribution in [2.45, 2.75) is 6.54 Å². The summed E-state index contributed by atoms with van der Waals surface area (Å²) >= 11 is 3.38. The highest BCUT2D eigenvalue weighted by atomic mass is 79.9. The number of halogens is 1. The molecule has 0 saturated heterocycles. The maximum absolute atomic E-state index is 5.53. The van der Waals surface area contributed by atoms with Gasteiger partial charge < -0.3 is 5.73 Å². The number of rotatable bonds is 2. The molecule has 5 heteroatoms. The van der Waals surface area contributed by atoms with Gasteiger partial charge >= 0.3 is 0 Å². The number of aromatic nitrogens is 3. The first-order chi connectivity index (χ1) is 6.81. The lowest BCUT2D eigenvalue weighted by Crippen LogP contribution is -2.05. The molecule has 1 aromatic heterocycles. The Morgan fingerprint density at radius 2 is 2.00 bits per heavy atom. The minimum atomic E-state index is 0.385. The van der Waals surface area contributed by atoms with Gasteiger partial charge in [0.2, 0.25) is 0 Å². The van der Waals surface area contributed by atoms with Crippen LogP contribution < -0.4 is 5.73 Å². The fourth-order valence-corrected chi connectivity index (χ4v) is 1.48. The van der Waals surface area contributed by atoms with Crippen LogP contribution in [0.5, 0.6) is 0 Å². The van der Waals surface area contributed by atoms with Crippen LogP contribution in [0.4, 0.5) is 0 Å². The molecule has 0 bridgehead atoms.